The van der Waals surface area contributed by atoms with Gasteiger partial charge in [-0.3, -0.25) is 0 Å². The summed E-state index contributed by atoms with van der Waals surface area (Å²) >= 11 is 1.98. The molecule has 0 aliphatic carbocycles. The van der Waals surface area contributed by atoms with Gasteiger partial charge in [0.05, 0.1) is 6.26 Å². The maximum atomic E-state index is 5.77. The Labute approximate surface area is 123 Å². The Morgan fingerprint density at radius 1 is 1.00 bits per heavy atom. The van der Waals surface area contributed by atoms with Crippen LogP contribution < -0.4 is 4.74 Å². The summed E-state index contributed by atoms with van der Waals surface area (Å²) in [7, 11) is 0. The molecule has 2 aliphatic rings. The van der Waals surface area contributed by atoms with Crippen LogP contribution >= 0.6 is 11.8 Å². The SMILES string of the molecule is C1=C(c2ccc3c(c2)CCCS3)Cc2ccccc2O1. The summed E-state index contributed by atoms with van der Waals surface area (Å²) in [6.45, 7) is 0. The van der Waals surface area contributed by atoms with E-state index in [1.54, 1.807) is 0 Å². The van der Waals surface area contributed by atoms with E-state index in [2.05, 4.69) is 30.3 Å². The number of para-hydroxylation sites is 1. The average molecular weight is 280 g/mol. The topological polar surface area (TPSA) is 9.23 Å². The number of aryl methyl sites for hydroxylation is 1. The molecular formula is C18H16OS. The lowest BCUT2D eigenvalue weighted by atomic mass is 9.95. The van der Waals surface area contributed by atoms with Crippen LogP contribution in [0.1, 0.15) is 23.1 Å². The summed E-state index contributed by atoms with van der Waals surface area (Å²) in [6, 6.07) is 15.1. The first kappa shape index (κ1) is 12.1. The Kier molecular flexibility index (Phi) is 3.04. The van der Waals surface area contributed by atoms with Gasteiger partial charge in [0.1, 0.15) is 5.75 Å². The molecular weight excluding hydrogens is 264 g/mol. The fraction of sp³-hybridized carbons (Fsp3) is 0.222. The molecule has 2 heterocycles. The molecule has 0 atom stereocenters. The fourth-order valence-electron chi connectivity index (χ4n) is 2.88. The van der Waals surface area contributed by atoms with E-state index < -0.39 is 0 Å². The first-order chi connectivity index (χ1) is 9.90. The van der Waals surface area contributed by atoms with Crippen molar-refractivity contribution in [2.45, 2.75) is 24.2 Å². The summed E-state index contributed by atoms with van der Waals surface area (Å²) in [6.07, 6.45) is 5.38. The Bertz CT molecular complexity index is 688. The molecule has 100 valence electrons. The normalized spacial score (nSPS) is 16.7. The van der Waals surface area contributed by atoms with Crippen molar-refractivity contribution in [2.75, 3.05) is 5.75 Å². The molecule has 20 heavy (non-hydrogen) atoms. The van der Waals surface area contributed by atoms with Gasteiger partial charge in [-0.15, -0.1) is 11.8 Å². The van der Waals surface area contributed by atoms with Crippen LogP contribution in [0.5, 0.6) is 5.75 Å². The summed E-state index contributed by atoms with van der Waals surface area (Å²) < 4.78 is 5.77. The molecule has 4 rings (SSSR count). The van der Waals surface area contributed by atoms with E-state index >= 15 is 0 Å². The van der Waals surface area contributed by atoms with Crippen LogP contribution in [0.25, 0.3) is 5.57 Å². The van der Waals surface area contributed by atoms with Gasteiger partial charge in [0.15, 0.2) is 0 Å². The summed E-state index contributed by atoms with van der Waals surface area (Å²) in [4.78, 5) is 1.46. The molecule has 0 bridgehead atoms. The van der Waals surface area contributed by atoms with E-state index in [4.69, 9.17) is 4.74 Å². The zero-order chi connectivity index (χ0) is 13.4. The van der Waals surface area contributed by atoms with Crippen LogP contribution in [0, 0.1) is 0 Å². The van der Waals surface area contributed by atoms with Crippen LogP contribution in [-0.4, -0.2) is 5.75 Å². The molecule has 2 heteroatoms. The van der Waals surface area contributed by atoms with Crippen molar-refractivity contribution in [3.8, 4) is 5.75 Å². The third-order valence-corrected chi connectivity index (χ3v) is 5.16. The van der Waals surface area contributed by atoms with Gasteiger partial charge in [-0.05, 0) is 53.0 Å². The molecule has 2 aromatic rings. The summed E-state index contributed by atoms with van der Waals surface area (Å²) in [5.41, 5.74) is 5.36. The lowest BCUT2D eigenvalue weighted by Gasteiger charge is -2.20. The van der Waals surface area contributed by atoms with Crippen molar-refractivity contribution >= 4 is 17.3 Å². The van der Waals surface area contributed by atoms with Gasteiger partial charge in [0, 0.05) is 11.3 Å². The Hall–Kier alpha value is -1.67. The van der Waals surface area contributed by atoms with Crippen LogP contribution in [0.4, 0.5) is 0 Å². The first-order valence-corrected chi connectivity index (χ1v) is 8.08. The summed E-state index contributed by atoms with van der Waals surface area (Å²) in [5.74, 6) is 2.25. The minimum atomic E-state index is 0.960. The van der Waals surface area contributed by atoms with Crippen molar-refractivity contribution in [2.24, 2.45) is 0 Å². The van der Waals surface area contributed by atoms with Crippen LogP contribution in [0.3, 0.4) is 0 Å². The van der Waals surface area contributed by atoms with E-state index in [0.29, 0.717) is 0 Å². The lowest BCUT2D eigenvalue weighted by molar-refractivity contribution is 0.469. The van der Waals surface area contributed by atoms with E-state index in [9.17, 15) is 0 Å². The molecule has 0 amide bonds. The molecule has 0 saturated heterocycles. The Balaban J connectivity index is 1.67. The van der Waals surface area contributed by atoms with Crippen molar-refractivity contribution in [3.63, 3.8) is 0 Å². The van der Waals surface area contributed by atoms with Crippen molar-refractivity contribution in [1.29, 1.82) is 0 Å². The van der Waals surface area contributed by atoms with Gasteiger partial charge < -0.3 is 4.74 Å². The maximum Gasteiger partial charge on any atom is 0.130 e. The Morgan fingerprint density at radius 2 is 1.95 bits per heavy atom. The second-order valence-electron chi connectivity index (χ2n) is 5.32. The van der Waals surface area contributed by atoms with Crippen molar-refractivity contribution in [3.05, 3.63) is 65.4 Å². The number of rotatable bonds is 1. The highest BCUT2D eigenvalue weighted by Gasteiger charge is 2.16. The molecule has 0 N–H and O–H groups in total. The third-order valence-electron chi connectivity index (χ3n) is 3.96. The second kappa shape index (κ2) is 5.02. The van der Waals surface area contributed by atoms with Gasteiger partial charge in [-0.25, -0.2) is 0 Å². The van der Waals surface area contributed by atoms with Crippen molar-refractivity contribution in [1.82, 2.24) is 0 Å². The highest BCUT2D eigenvalue weighted by molar-refractivity contribution is 7.99. The standard InChI is InChI=1S/C18H16OS/c1-2-6-17-14(4-1)11-16(12-19-17)13-7-8-18-15(10-13)5-3-9-20-18/h1-2,4,6-8,10,12H,3,5,9,11H2. The maximum absolute atomic E-state index is 5.77. The zero-order valence-electron chi connectivity index (χ0n) is 11.3. The molecule has 0 fully saturated rings. The molecule has 2 aliphatic heterocycles. The molecule has 0 aromatic heterocycles. The number of thioether (sulfide) groups is 1. The molecule has 1 nitrogen and oxygen atoms in total. The smallest absolute Gasteiger partial charge is 0.130 e. The van der Waals surface area contributed by atoms with Gasteiger partial charge in [0.25, 0.3) is 0 Å². The van der Waals surface area contributed by atoms with Crippen molar-refractivity contribution < 1.29 is 4.74 Å². The third kappa shape index (κ3) is 2.14. The molecule has 0 spiro atoms. The highest BCUT2D eigenvalue weighted by atomic mass is 32.2. The number of benzene rings is 2. The molecule has 2 aromatic carbocycles. The van der Waals surface area contributed by atoms with Gasteiger partial charge in [-0.2, -0.15) is 0 Å². The number of hydrogen-bond donors (Lipinski definition) is 0. The second-order valence-corrected chi connectivity index (χ2v) is 6.46. The van der Waals surface area contributed by atoms with Gasteiger partial charge >= 0.3 is 0 Å². The average Bonchev–Trinajstić information content (AvgIpc) is 2.54. The van der Waals surface area contributed by atoms with E-state index in [-0.39, 0.29) is 0 Å². The van der Waals surface area contributed by atoms with Gasteiger partial charge in [0.2, 0.25) is 0 Å². The largest absolute Gasteiger partial charge is 0.464 e. The predicted molar refractivity (Wildman–Crippen MR) is 84.2 cm³/mol. The van der Waals surface area contributed by atoms with E-state index in [1.807, 2.05) is 30.2 Å². The first-order valence-electron chi connectivity index (χ1n) is 7.10. The van der Waals surface area contributed by atoms with E-state index in [1.165, 1.54) is 45.8 Å². The minimum absolute atomic E-state index is 0.960. The fourth-order valence-corrected chi connectivity index (χ4v) is 3.90. The summed E-state index contributed by atoms with van der Waals surface area (Å²) in [5, 5.41) is 0. The number of hydrogen-bond acceptors (Lipinski definition) is 2. The lowest BCUT2D eigenvalue weighted by Crippen LogP contribution is -2.04. The molecule has 0 unspecified atom stereocenters. The zero-order valence-corrected chi connectivity index (χ0v) is 12.1. The van der Waals surface area contributed by atoms with Crippen LogP contribution in [-0.2, 0) is 12.8 Å². The van der Waals surface area contributed by atoms with Gasteiger partial charge in [-0.1, -0.05) is 30.3 Å². The highest BCUT2D eigenvalue weighted by Crippen LogP contribution is 2.35. The van der Waals surface area contributed by atoms with E-state index in [0.717, 1.165) is 12.2 Å². The quantitative estimate of drug-likeness (QED) is 0.748. The van der Waals surface area contributed by atoms with Crippen LogP contribution in [0.2, 0.25) is 0 Å². The number of fused-ring (bicyclic) bond motifs is 2. The minimum Gasteiger partial charge on any atom is -0.464 e. The number of allylic oxidation sites excluding steroid dienone is 1. The molecule has 0 saturated carbocycles. The van der Waals surface area contributed by atoms with Crippen LogP contribution in [0.15, 0.2) is 53.6 Å². The molecule has 0 radical (unpaired) electrons. The Morgan fingerprint density at radius 3 is 2.95 bits per heavy atom. The monoisotopic (exact) mass is 280 g/mol. The number of ether oxygens (including phenoxy) is 1. The predicted octanol–water partition coefficient (Wildman–Crippen LogP) is 4.70.